The first kappa shape index (κ1) is 18.5. The minimum Gasteiger partial charge on any atom is -0.496 e. The number of fused-ring (bicyclic) bond motifs is 1. The van der Waals surface area contributed by atoms with E-state index in [0.717, 1.165) is 35.1 Å². The summed E-state index contributed by atoms with van der Waals surface area (Å²) in [6.45, 7) is 3.32. The molecule has 0 saturated carbocycles. The van der Waals surface area contributed by atoms with Gasteiger partial charge in [-0.3, -0.25) is 9.69 Å². The molecular formula is C22H24N2O4. The number of methoxy groups -OCH3 is 1. The number of likely N-dealkylation sites (tertiary alicyclic amines) is 1. The van der Waals surface area contributed by atoms with Crippen molar-refractivity contribution in [2.45, 2.75) is 32.4 Å². The number of ether oxygens (including phenoxy) is 1. The molecule has 2 heterocycles. The molecule has 1 aliphatic rings. The number of piperidine rings is 1. The predicted molar refractivity (Wildman–Crippen MR) is 106 cm³/mol. The average molecular weight is 380 g/mol. The van der Waals surface area contributed by atoms with E-state index in [2.05, 4.69) is 12.1 Å². The monoisotopic (exact) mass is 380 g/mol. The Bertz CT molecular complexity index is 997. The molecule has 2 unspecified atom stereocenters. The Hall–Kier alpha value is -2.86. The molecule has 146 valence electrons. The lowest BCUT2D eigenvalue weighted by molar-refractivity contribution is -0.145. The number of carbonyl (C=O) groups is 1. The number of benzene rings is 2. The van der Waals surface area contributed by atoms with Crippen LogP contribution in [0, 0.1) is 5.92 Å². The van der Waals surface area contributed by atoms with Crippen molar-refractivity contribution in [3.8, 4) is 17.0 Å². The quantitative estimate of drug-likeness (QED) is 0.715. The number of hydrogen-bond acceptors (Lipinski definition) is 5. The second-order valence-corrected chi connectivity index (χ2v) is 7.51. The Labute approximate surface area is 163 Å². The maximum Gasteiger partial charge on any atom is 0.320 e. The molecule has 2 atom stereocenters. The van der Waals surface area contributed by atoms with Crippen molar-refractivity contribution in [3.05, 3.63) is 48.2 Å². The molecule has 1 N–H and O–H groups in total. The van der Waals surface area contributed by atoms with E-state index >= 15 is 0 Å². The van der Waals surface area contributed by atoms with Gasteiger partial charge >= 0.3 is 5.97 Å². The largest absolute Gasteiger partial charge is 0.496 e. The predicted octanol–water partition coefficient (Wildman–Crippen LogP) is 4.19. The second-order valence-electron chi connectivity index (χ2n) is 7.51. The lowest BCUT2D eigenvalue weighted by Gasteiger charge is -2.35. The van der Waals surface area contributed by atoms with Crippen LogP contribution < -0.4 is 4.74 Å². The van der Waals surface area contributed by atoms with E-state index in [1.807, 2.05) is 47.4 Å². The van der Waals surface area contributed by atoms with Gasteiger partial charge in [-0.05, 0) is 35.6 Å². The smallest absolute Gasteiger partial charge is 0.320 e. The number of nitrogens with zero attached hydrogens (tertiary/aromatic N) is 2. The minimum atomic E-state index is -0.776. The zero-order valence-electron chi connectivity index (χ0n) is 16.1. The molecule has 28 heavy (non-hydrogen) atoms. The third-order valence-corrected chi connectivity index (χ3v) is 5.49. The fraction of sp³-hybridized carbons (Fsp3) is 0.364. The van der Waals surface area contributed by atoms with Crippen LogP contribution >= 0.6 is 0 Å². The Balaban J connectivity index is 1.67. The van der Waals surface area contributed by atoms with Crippen LogP contribution in [0.25, 0.3) is 22.0 Å². The number of hydrogen-bond donors (Lipinski definition) is 1. The first-order chi connectivity index (χ1) is 13.6. The molecule has 0 spiro atoms. The fourth-order valence-electron chi connectivity index (χ4n) is 4.09. The molecule has 4 rings (SSSR count). The normalized spacial score (nSPS) is 20.4. The van der Waals surface area contributed by atoms with E-state index in [1.54, 1.807) is 7.11 Å². The zero-order valence-corrected chi connectivity index (χ0v) is 16.1. The van der Waals surface area contributed by atoms with Crippen molar-refractivity contribution < 1.29 is 19.2 Å². The third kappa shape index (κ3) is 3.47. The van der Waals surface area contributed by atoms with Gasteiger partial charge in [-0.2, -0.15) is 0 Å². The maximum atomic E-state index is 11.6. The molecule has 0 bridgehead atoms. The van der Waals surface area contributed by atoms with Gasteiger partial charge in [-0.25, -0.2) is 0 Å². The maximum absolute atomic E-state index is 11.6. The van der Waals surface area contributed by atoms with Crippen molar-refractivity contribution in [1.29, 1.82) is 0 Å². The van der Waals surface area contributed by atoms with Crippen molar-refractivity contribution in [3.63, 3.8) is 0 Å². The molecule has 2 aromatic carbocycles. The van der Waals surface area contributed by atoms with E-state index in [-0.39, 0.29) is 0 Å². The highest BCUT2D eigenvalue weighted by atomic mass is 16.5. The van der Waals surface area contributed by atoms with Crippen LogP contribution in [0.15, 0.2) is 47.0 Å². The molecule has 6 heteroatoms. The Morgan fingerprint density at radius 3 is 2.89 bits per heavy atom. The van der Waals surface area contributed by atoms with E-state index in [9.17, 15) is 9.90 Å². The van der Waals surface area contributed by atoms with Gasteiger partial charge in [0.2, 0.25) is 0 Å². The van der Waals surface area contributed by atoms with Crippen molar-refractivity contribution >= 4 is 16.7 Å². The van der Waals surface area contributed by atoms with E-state index in [4.69, 9.17) is 9.26 Å². The van der Waals surface area contributed by atoms with Crippen molar-refractivity contribution in [2.24, 2.45) is 5.92 Å². The topological polar surface area (TPSA) is 75.8 Å². The second kappa shape index (κ2) is 7.64. The lowest BCUT2D eigenvalue weighted by Crippen LogP contribution is -2.46. The lowest BCUT2D eigenvalue weighted by atomic mass is 9.94. The van der Waals surface area contributed by atoms with E-state index < -0.39 is 12.0 Å². The number of carboxylic acid groups (broad SMARTS) is 1. The van der Waals surface area contributed by atoms with Crippen LogP contribution in [0.2, 0.25) is 0 Å². The average Bonchev–Trinajstić information content (AvgIpc) is 3.14. The van der Waals surface area contributed by atoms with Crippen LogP contribution in [0.5, 0.6) is 5.75 Å². The van der Waals surface area contributed by atoms with Gasteiger partial charge in [0, 0.05) is 12.6 Å². The number of carboxylic acids is 1. The van der Waals surface area contributed by atoms with E-state index in [1.165, 1.54) is 0 Å². The summed E-state index contributed by atoms with van der Waals surface area (Å²) in [7, 11) is 1.64. The SMILES string of the molecule is COc1ccc2ccccc2c1-c1cc(CN2CC(C)CCC2C(=O)O)on1. The first-order valence-electron chi connectivity index (χ1n) is 9.55. The Kier molecular flexibility index (Phi) is 5.05. The third-order valence-electron chi connectivity index (χ3n) is 5.49. The van der Waals surface area contributed by atoms with Gasteiger partial charge in [0.1, 0.15) is 17.5 Å². The Morgan fingerprint density at radius 1 is 1.29 bits per heavy atom. The van der Waals surface area contributed by atoms with Gasteiger partial charge in [0.15, 0.2) is 5.76 Å². The molecule has 1 saturated heterocycles. The number of aliphatic carboxylic acids is 1. The summed E-state index contributed by atoms with van der Waals surface area (Å²) in [5.41, 5.74) is 1.58. The van der Waals surface area contributed by atoms with Crippen molar-refractivity contribution in [2.75, 3.05) is 13.7 Å². The Morgan fingerprint density at radius 2 is 2.11 bits per heavy atom. The van der Waals surface area contributed by atoms with Crippen LogP contribution in [0.3, 0.4) is 0 Å². The van der Waals surface area contributed by atoms with Crippen LogP contribution in [0.4, 0.5) is 0 Å². The number of aromatic nitrogens is 1. The molecule has 0 aliphatic carbocycles. The number of rotatable bonds is 5. The fourth-order valence-corrected chi connectivity index (χ4v) is 4.09. The van der Waals surface area contributed by atoms with Crippen molar-refractivity contribution in [1.82, 2.24) is 10.1 Å². The summed E-state index contributed by atoms with van der Waals surface area (Å²) in [6, 6.07) is 13.4. The van der Waals surface area contributed by atoms with Gasteiger partial charge in [-0.15, -0.1) is 0 Å². The van der Waals surface area contributed by atoms with E-state index in [0.29, 0.717) is 30.3 Å². The van der Waals surface area contributed by atoms with Gasteiger partial charge in [0.25, 0.3) is 0 Å². The van der Waals surface area contributed by atoms with Crippen LogP contribution in [-0.4, -0.2) is 40.8 Å². The van der Waals surface area contributed by atoms with Gasteiger partial charge in [-0.1, -0.05) is 42.4 Å². The highest BCUT2D eigenvalue weighted by molar-refractivity contribution is 5.98. The summed E-state index contributed by atoms with van der Waals surface area (Å²) in [4.78, 5) is 13.6. The summed E-state index contributed by atoms with van der Waals surface area (Å²) in [5.74, 6) is 1.08. The van der Waals surface area contributed by atoms with Gasteiger partial charge < -0.3 is 14.4 Å². The highest BCUT2D eigenvalue weighted by Gasteiger charge is 2.32. The molecule has 1 aliphatic heterocycles. The standard InChI is InChI=1S/C22H24N2O4/c1-14-7-9-19(22(25)26)24(12-14)13-16-11-18(23-28-16)21-17-6-4-3-5-15(17)8-10-20(21)27-2/h3-6,8,10-11,14,19H,7,9,12-13H2,1-2H3,(H,25,26). The molecular weight excluding hydrogens is 356 g/mol. The highest BCUT2D eigenvalue weighted by Crippen LogP contribution is 2.37. The van der Waals surface area contributed by atoms with Crippen LogP contribution in [-0.2, 0) is 11.3 Å². The molecule has 3 aromatic rings. The molecule has 6 nitrogen and oxygen atoms in total. The summed E-state index contributed by atoms with van der Waals surface area (Å²) >= 11 is 0. The molecule has 0 radical (unpaired) electrons. The first-order valence-corrected chi connectivity index (χ1v) is 9.55. The summed E-state index contributed by atoms with van der Waals surface area (Å²) in [6.07, 6.45) is 1.59. The van der Waals surface area contributed by atoms with Gasteiger partial charge in [0.05, 0.1) is 19.2 Å². The molecule has 0 amide bonds. The van der Waals surface area contributed by atoms with Crippen LogP contribution in [0.1, 0.15) is 25.5 Å². The molecule has 1 fully saturated rings. The zero-order chi connectivity index (χ0) is 19.7. The minimum absolute atomic E-state index is 0.432. The summed E-state index contributed by atoms with van der Waals surface area (Å²) in [5, 5.41) is 15.9. The summed E-state index contributed by atoms with van der Waals surface area (Å²) < 4.78 is 11.2. The molecule has 1 aromatic heterocycles.